The van der Waals surface area contributed by atoms with Crippen LogP contribution in [0.4, 0.5) is 5.69 Å². The smallest absolute Gasteiger partial charge is 0.189 e. The van der Waals surface area contributed by atoms with E-state index in [1.807, 2.05) is 44.2 Å². The maximum Gasteiger partial charge on any atom is 0.189 e. The number of hydrogen-bond acceptors (Lipinski definition) is 4. The minimum Gasteiger partial charge on any atom is -0.488 e. The molecule has 0 aliphatic carbocycles. The van der Waals surface area contributed by atoms with Gasteiger partial charge >= 0.3 is 0 Å². The molecule has 4 nitrogen and oxygen atoms in total. The van der Waals surface area contributed by atoms with Crippen molar-refractivity contribution in [3.63, 3.8) is 0 Å². The summed E-state index contributed by atoms with van der Waals surface area (Å²) in [4.78, 5) is 0. The molecule has 2 aromatic rings. The molecule has 110 valence electrons. The third kappa shape index (κ3) is 2.81. The molecule has 0 atom stereocenters. The van der Waals surface area contributed by atoms with Gasteiger partial charge in [0.15, 0.2) is 6.79 Å². The molecule has 1 heterocycles. The summed E-state index contributed by atoms with van der Waals surface area (Å²) >= 11 is 0. The quantitative estimate of drug-likeness (QED) is 0.879. The van der Waals surface area contributed by atoms with Crippen molar-refractivity contribution < 1.29 is 14.2 Å². The molecule has 1 aliphatic rings. The lowest BCUT2D eigenvalue weighted by molar-refractivity contribution is -0.0175. The topological polar surface area (TPSA) is 53.7 Å². The second kappa shape index (κ2) is 5.66. The molecule has 21 heavy (non-hydrogen) atoms. The van der Waals surface area contributed by atoms with Crippen LogP contribution in [0.5, 0.6) is 11.5 Å². The molecular formula is C17H19NO3. The largest absolute Gasteiger partial charge is 0.488 e. The van der Waals surface area contributed by atoms with E-state index in [0.29, 0.717) is 18.9 Å². The van der Waals surface area contributed by atoms with Crippen molar-refractivity contribution in [3.8, 4) is 11.5 Å². The molecule has 2 aromatic carbocycles. The standard InChI is InChI=1S/C17H19NO3/c1-11-4-3-5-12(2)16(11)20-9-14-7-15(18)6-13-8-19-10-21-17(13)14/h3-7H,8-10,18H2,1-2H3. The summed E-state index contributed by atoms with van der Waals surface area (Å²) in [5, 5.41) is 0. The fourth-order valence-corrected chi connectivity index (χ4v) is 2.61. The first-order valence-electron chi connectivity index (χ1n) is 6.96. The Bertz CT molecular complexity index is 647. The molecule has 0 spiro atoms. The van der Waals surface area contributed by atoms with E-state index in [2.05, 4.69) is 0 Å². The summed E-state index contributed by atoms with van der Waals surface area (Å²) in [7, 11) is 0. The van der Waals surface area contributed by atoms with E-state index in [-0.39, 0.29) is 6.79 Å². The second-order valence-electron chi connectivity index (χ2n) is 5.29. The molecule has 0 radical (unpaired) electrons. The number of nitrogens with two attached hydrogens (primary N) is 1. The van der Waals surface area contributed by atoms with Gasteiger partial charge in [0, 0.05) is 16.8 Å². The normalized spacial score (nSPS) is 13.4. The third-order valence-corrected chi connectivity index (χ3v) is 3.59. The maximum absolute atomic E-state index is 6.00. The van der Waals surface area contributed by atoms with Crippen LogP contribution in [0.1, 0.15) is 22.3 Å². The summed E-state index contributed by atoms with van der Waals surface area (Å²) in [5.74, 6) is 1.75. The molecule has 0 unspecified atom stereocenters. The molecule has 2 N–H and O–H groups in total. The van der Waals surface area contributed by atoms with E-state index in [9.17, 15) is 0 Å². The van der Waals surface area contributed by atoms with Crippen LogP contribution < -0.4 is 15.2 Å². The first-order valence-corrected chi connectivity index (χ1v) is 6.96. The summed E-state index contributed by atoms with van der Waals surface area (Å²) in [6, 6.07) is 9.90. The minimum absolute atomic E-state index is 0.271. The van der Waals surface area contributed by atoms with Gasteiger partial charge in [-0.25, -0.2) is 0 Å². The van der Waals surface area contributed by atoms with Crippen LogP contribution >= 0.6 is 0 Å². The van der Waals surface area contributed by atoms with E-state index in [0.717, 1.165) is 33.8 Å². The molecule has 0 amide bonds. The Labute approximate surface area is 124 Å². The molecule has 4 heteroatoms. The predicted molar refractivity (Wildman–Crippen MR) is 81.4 cm³/mol. The number of anilines is 1. The number of para-hydroxylation sites is 1. The number of nitrogen functional groups attached to an aromatic ring is 1. The van der Waals surface area contributed by atoms with Crippen LogP contribution in [0.25, 0.3) is 0 Å². The molecule has 0 saturated carbocycles. The molecule has 3 rings (SSSR count). The van der Waals surface area contributed by atoms with Crippen LogP contribution in [0, 0.1) is 13.8 Å². The third-order valence-electron chi connectivity index (χ3n) is 3.59. The van der Waals surface area contributed by atoms with Gasteiger partial charge in [-0.2, -0.15) is 0 Å². The predicted octanol–water partition coefficient (Wildman–Crippen LogP) is 3.33. The zero-order valence-corrected chi connectivity index (χ0v) is 12.3. The average Bonchev–Trinajstić information content (AvgIpc) is 2.46. The lowest BCUT2D eigenvalue weighted by Crippen LogP contribution is -2.14. The van der Waals surface area contributed by atoms with E-state index >= 15 is 0 Å². The highest BCUT2D eigenvalue weighted by Crippen LogP contribution is 2.32. The summed E-state index contributed by atoms with van der Waals surface area (Å²) in [5.41, 5.74) is 10.8. The van der Waals surface area contributed by atoms with Crippen molar-refractivity contribution in [2.45, 2.75) is 27.1 Å². The van der Waals surface area contributed by atoms with Gasteiger partial charge in [0.2, 0.25) is 0 Å². The van der Waals surface area contributed by atoms with Gasteiger partial charge in [-0.05, 0) is 37.1 Å². The number of aryl methyl sites for hydroxylation is 2. The maximum atomic E-state index is 6.00. The first-order chi connectivity index (χ1) is 10.1. The summed E-state index contributed by atoms with van der Waals surface area (Å²) in [6.45, 7) is 5.31. The summed E-state index contributed by atoms with van der Waals surface area (Å²) in [6.07, 6.45) is 0. The van der Waals surface area contributed by atoms with E-state index in [1.165, 1.54) is 0 Å². The number of rotatable bonds is 3. The lowest BCUT2D eigenvalue weighted by atomic mass is 10.1. The van der Waals surface area contributed by atoms with Gasteiger partial charge < -0.3 is 19.9 Å². The zero-order chi connectivity index (χ0) is 14.8. The number of fused-ring (bicyclic) bond motifs is 1. The van der Waals surface area contributed by atoms with Crippen LogP contribution in [-0.2, 0) is 18.0 Å². The molecule has 0 bridgehead atoms. The van der Waals surface area contributed by atoms with Crippen molar-refractivity contribution in [2.75, 3.05) is 12.5 Å². The number of benzene rings is 2. The molecular weight excluding hydrogens is 266 g/mol. The van der Waals surface area contributed by atoms with E-state index in [1.54, 1.807) is 0 Å². The van der Waals surface area contributed by atoms with Gasteiger partial charge in [0.1, 0.15) is 18.1 Å². The van der Waals surface area contributed by atoms with Gasteiger partial charge in [-0.15, -0.1) is 0 Å². The monoisotopic (exact) mass is 285 g/mol. The zero-order valence-electron chi connectivity index (χ0n) is 12.3. The highest BCUT2D eigenvalue weighted by molar-refractivity contribution is 5.53. The molecule has 0 saturated heterocycles. The Morgan fingerprint density at radius 3 is 2.71 bits per heavy atom. The van der Waals surface area contributed by atoms with Crippen molar-refractivity contribution in [1.82, 2.24) is 0 Å². The van der Waals surface area contributed by atoms with Crippen LogP contribution in [-0.4, -0.2) is 6.79 Å². The average molecular weight is 285 g/mol. The van der Waals surface area contributed by atoms with E-state index in [4.69, 9.17) is 19.9 Å². The minimum atomic E-state index is 0.271. The van der Waals surface area contributed by atoms with Crippen LogP contribution in [0.15, 0.2) is 30.3 Å². The molecule has 0 fully saturated rings. The molecule has 1 aliphatic heterocycles. The Balaban J connectivity index is 1.87. The van der Waals surface area contributed by atoms with Crippen LogP contribution in [0.2, 0.25) is 0 Å². The Morgan fingerprint density at radius 1 is 1.19 bits per heavy atom. The van der Waals surface area contributed by atoms with Crippen molar-refractivity contribution in [2.24, 2.45) is 0 Å². The molecule has 0 aromatic heterocycles. The lowest BCUT2D eigenvalue weighted by Gasteiger charge is -2.22. The second-order valence-corrected chi connectivity index (χ2v) is 5.29. The number of ether oxygens (including phenoxy) is 3. The Morgan fingerprint density at radius 2 is 1.95 bits per heavy atom. The Kier molecular flexibility index (Phi) is 3.71. The SMILES string of the molecule is Cc1cccc(C)c1OCc1cc(N)cc2c1OCOC2. The van der Waals surface area contributed by atoms with Crippen molar-refractivity contribution in [1.29, 1.82) is 0 Å². The summed E-state index contributed by atoms with van der Waals surface area (Å²) < 4.78 is 16.9. The van der Waals surface area contributed by atoms with Gasteiger partial charge in [-0.3, -0.25) is 0 Å². The number of hydrogen-bond donors (Lipinski definition) is 1. The van der Waals surface area contributed by atoms with E-state index < -0.39 is 0 Å². The van der Waals surface area contributed by atoms with Gasteiger partial charge in [0.05, 0.1) is 6.61 Å². The fourth-order valence-electron chi connectivity index (χ4n) is 2.61. The van der Waals surface area contributed by atoms with Crippen molar-refractivity contribution in [3.05, 3.63) is 52.6 Å². The van der Waals surface area contributed by atoms with Crippen molar-refractivity contribution >= 4 is 5.69 Å². The highest BCUT2D eigenvalue weighted by atomic mass is 16.7. The highest BCUT2D eigenvalue weighted by Gasteiger charge is 2.17. The first kappa shape index (κ1) is 13.8. The van der Waals surface area contributed by atoms with Gasteiger partial charge in [0.25, 0.3) is 0 Å². The Hall–Kier alpha value is -2.20. The van der Waals surface area contributed by atoms with Gasteiger partial charge in [-0.1, -0.05) is 18.2 Å². The fraction of sp³-hybridized carbons (Fsp3) is 0.294. The van der Waals surface area contributed by atoms with Crippen LogP contribution in [0.3, 0.4) is 0 Å².